The molecule has 0 spiro atoms. The zero-order valence-electron chi connectivity index (χ0n) is 6.53. The summed E-state index contributed by atoms with van der Waals surface area (Å²) in [6, 6.07) is 1.70. The van der Waals surface area contributed by atoms with Crippen LogP contribution in [0.4, 0.5) is 4.39 Å². The lowest BCUT2D eigenvalue weighted by molar-refractivity contribution is 0.0696. The van der Waals surface area contributed by atoms with Crippen LogP contribution in [-0.4, -0.2) is 19.8 Å². The first-order valence-corrected chi connectivity index (χ1v) is 5.16. The SMILES string of the molecule is O=C(O)c1cc(F)c(Br)c(S(=O)O)c1. The molecule has 0 radical (unpaired) electrons. The van der Waals surface area contributed by atoms with E-state index < -0.39 is 22.9 Å². The van der Waals surface area contributed by atoms with Crippen LogP contribution in [0.3, 0.4) is 0 Å². The number of aromatic carboxylic acids is 1. The Morgan fingerprint density at radius 3 is 2.50 bits per heavy atom. The molecule has 0 aliphatic heterocycles. The van der Waals surface area contributed by atoms with E-state index in [4.69, 9.17) is 9.66 Å². The highest BCUT2D eigenvalue weighted by molar-refractivity contribution is 9.10. The molecule has 0 bridgehead atoms. The summed E-state index contributed by atoms with van der Waals surface area (Å²) in [6.07, 6.45) is 0. The number of halogens is 2. The number of carboxylic acids is 1. The highest BCUT2D eigenvalue weighted by Gasteiger charge is 2.15. The fourth-order valence-electron chi connectivity index (χ4n) is 0.814. The minimum absolute atomic E-state index is 0.205. The lowest BCUT2D eigenvalue weighted by Crippen LogP contribution is -2.01. The molecule has 76 valence electrons. The van der Waals surface area contributed by atoms with Crippen LogP contribution in [0.25, 0.3) is 0 Å². The quantitative estimate of drug-likeness (QED) is 0.812. The summed E-state index contributed by atoms with van der Waals surface area (Å²) in [6.45, 7) is 0. The second kappa shape index (κ2) is 4.16. The Kier molecular flexibility index (Phi) is 3.35. The normalized spacial score (nSPS) is 12.5. The number of hydrogen-bond acceptors (Lipinski definition) is 2. The molecule has 7 heteroatoms. The van der Waals surface area contributed by atoms with Gasteiger partial charge >= 0.3 is 5.97 Å². The fourth-order valence-corrected chi connectivity index (χ4v) is 1.94. The average molecular weight is 283 g/mol. The van der Waals surface area contributed by atoms with E-state index in [-0.39, 0.29) is 14.9 Å². The number of rotatable bonds is 2. The van der Waals surface area contributed by atoms with Crippen molar-refractivity contribution in [2.45, 2.75) is 4.90 Å². The van der Waals surface area contributed by atoms with Crippen LogP contribution in [-0.2, 0) is 11.1 Å². The second-order valence-electron chi connectivity index (χ2n) is 2.32. The van der Waals surface area contributed by atoms with E-state index in [1.807, 2.05) is 0 Å². The third-order valence-corrected chi connectivity index (χ3v) is 3.20. The number of hydrogen-bond donors (Lipinski definition) is 2. The largest absolute Gasteiger partial charge is 0.478 e. The molecular formula is C7H4BrFO4S. The lowest BCUT2D eigenvalue weighted by Gasteiger charge is -2.02. The Labute approximate surface area is 89.2 Å². The van der Waals surface area contributed by atoms with Crippen molar-refractivity contribution in [3.63, 3.8) is 0 Å². The smallest absolute Gasteiger partial charge is 0.335 e. The molecular weight excluding hydrogens is 279 g/mol. The molecule has 1 atom stereocenters. The van der Waals surface area contributed by atoms with Gasteiger partial charge in [-0.2, -0.15) is 0 Å². The average Bonchev–Trinajstić information content (AvgIpc) is 2.08. The molecule has 1 aromatic carbocycles. The topological polar surface area (TPSA) is 74.6 Å². The van der Waals surface area contributed by atoms with Gasteiger partial charge in [0.2, 0.25) is 0 Å². The van der Waals surface area contributed by atoms with Gasteiger partial charge in [-0.1, -0.05) is 0 Å². The van der Waals surface area contributed by atoms with Crippen LogP contribution in [0.1, 0.15) is 10.4 Å². The van der Waals surface area contributed by atoms with Crippen molar-refractivity contribution in [2.75, 3.05) is 0 Å². The van der Waals surface area contributed by atoms with Crippen LogP contribution >= 0.6 is 15.9 Å². The summed E-state index contributed by atoms with van der Waals surface area (Å²) in [5, 5.41) is 8.54. The molecule has 0 saturated carbocycles. The van der Waals surface area contributed by atoms with Crippen molar-refractivity contribution in [3.05, 3.63) is 28.0 Å². The van der Waals surface area contributed by atoms with Crippen molar-refractivity contribution in [1.29, 1.82) is 0 Å². The fraction of sp³-hybridized carbons (Fsp3) is 0. The molecule has 0 aliphatic carbocycles. The Morgan fingerprint density at radius 1 is 1.50 bits per heavy atom. The van der Waals surface area contributed by atoms with Gasteiger partial charge in [0.25, 0.3) is 0 Å². The maximum Gasteiger partial charge on any atom is 0.335 e. The third-order valence-electron chi connectivity index (χ3n) is 1.43. The van der Waals surface area contributed by atoms with Crippen molar-refractivity contribution >= 4 is 33.0 Å². The highest BCUT2D eigenvalue weighted by Crippen LogP contribution is 2.24. The molecule has 2 N–H and O–H groups in total. The maximum atomic E-state index is 13.0. The van der Waals surface area contributed by atoms with Gasteiger partial charge in [0, 0.05) is 0 Å². The Bertz CT molecular complexity index is 420. The zero-order chi connectivity index (χ0) is 10.9. The predicted octanol–water partition coefficient (Wildman–Crippen LogP) is 1.87. The van der Waals surface area contributed by atoms with E-state index >= 15 is 0 Å². The van der Waals surface area contributed by atoms with Crippen molar-refractivity contribution in [3.8, 4) is 0 Å². The van der Waals surface area contributed by atoms with Gasteiger partial charge in [-0.15, -0.1) is 0 Å². The van der Waals surface area contributed by atoms with E-state index in [2.05, 4.69) is 15.9 Å². The summed E-state index contributed by atoms with van der Waals surface area (Å²) in [7, 11) is 0. The number of carboxylic acid groups (broad SMARTS) is 1. The summed E-state index contributed by atoms with van der Waals surface area (Å²) in [4.78, 5) is 10.2. The number of benzene rings is 1. The first kappa shape index (κ1) is 11.3. The second-order valence-corrected chi connectivity index (χ2v) is 4.06. The van der Waals surface area contributed by atoms with Crippen LogP contribution in [0.15, 0.2) is 21.5 Å². The van der Waals surface area contributed by atoms with Gasteiger partial charge in [0.15, 0.2) is 11.1 Å². The summed E-state index contributed by atoms with van der Waals surface area (Å²) < 4.78 is 32.2. The third kappa shape index (κ3) is 2.17. The standard InChI is InChI=1S/C7H4BrFO4S/c8-6-4(9)1-3(7(10)11)2-5(6)14(12)13/h1-2H,(H,10,11)(H,12,13). The molecule has 0 amide bonds. The van der Waals surface area contributed by atoms with E-state index in [9.17, 15) is 13.4 Å². The monoisotopic (exact) mass is 282 g/mol. The van der Waals surface area contributed by atoms with Crippen LogP contribution in [0.5, 0.6) is 0 Å². The van der Waals surface area contributed by atoms with E-state index in [1.54, 1.807) is 0 Å². The van der Waals surface area contributed by atoms with Gasteiger partial charge in [0.1, 0.15) is 5.82 Å². The number of carbonyl (C=O) groups is 1. The van der Waals surface area contributed by atoms with Gasteiger partial charge in [-0.25, -0.2) is 13.4 Å². The van der Waals surface area contributed by atoms with Gasteiger partial charge in [-0.3, -0.25) is 0 Å². The van der Waals surface area contributed by atoms with Crippen molar-refractivity contribution in [1.82, 2.24) is 0 Å². The molecule has 0 heterocycles. The molecule has 0 aliphatic rings. The van der Waals surface area contributed by atoms with Crippen molar-refractivity contribution in [2.24, 2.45) is 0 Å². The Balaban J connectivity index is 3.43. The Hall–Kier alpha value is -0.790. The molecule has 1 aromatic rings. The molecule has 0 fully saturated rings. The van der Waals surface area contributed by atoms with Crippen LogP contribution in [0.2, 0.25) is 0 Å². The van der Waals surface area contributed by atoms with Crippen LogP contribution < -0.4 is 0 Å². The van der Waals surface area contributed by atoms with E-state index in [0.717, 1.165) is 12.1 Å². The minimum atomic E-state index is -2.43. The molecule has 1 rings (SSSR count). The van der Waals surface area contributed by atoms with Gasteiger partial charge in [0.05, 0.1) is 14.9 Å². The van der Waals surface area contributed by atoms with Gasteiger partial charge < -0.3 is 9.66 Å². The lowest BCUT2D eigenvalue weighted by atomic mass is 10.2. The predicted molar refractivity (Wildman–Crippen MR) is 50.1 cm³/mol. The first-order chi connectivity index (χ1) is 6.43. The van der Waals surface area contributed by atoms with E-state index in [0.29, 0.717) is 0 Å². The highest BCUT2D eigenvalue weighted by atomic mass is 79.9. The van der Waals surface area contributed by atoms with Crippen molar-refractivity contribution < 1.29 is 23.1 Å². The van der Waals surface area contributed by atoms with Gasteiger partial charge in [-0.05, 0) is 28.1 Å². The molecule has 4 nitrogen and oxygen atoms in total. The maximum absolute atomic E-state index is 13.0. The van der Waals surface area contributed by atoms with Crippen LogP contribution in [0, 0.1) is 5.82 Å². The Morgan fingerprint density at radius 2 is 2.07 bits per heavy atom. The molecule has 0 aromatic heterocycles. The summed E-state index contributed by atoms with van der Waals surface area (Å²) in [5.74, 6) is -2.24. The molecule has 14 heavy (non-hydrogen) atoms. The summed E-state index contributed by atoms with van der Waals surface area (Å²) in [5.41, 5.74) is -0.372. The molecule has 1 unspecified atom stereocenters. The molecule has 0 saturated heterocycles. The minimum Gasteiger partial charge on any atom is -0.478 e. The van der Waals surface area contributed by atoms with E-state index in [1.165, 1.54) is 0 Å². The zero-order valence-corrected chi connectivity index (χ0v) is 8.93. The first-order valence-electron chi connectivity index (χ1n) is 3.26. The summed E-state index contributed by atoms with van der Waals surface area (Å²) >= 11 is 0.315.